The van der Waals surface area contributed by atoms with Crippen LogP contribution in [0, 0.1) is 0 Å². The maximum Gasteiger partial charge on any atom is 0.273 e. The highest BCUT2D eigenvalue weighted by Crippen LogP contribution is 2.25. The summed E-state index contributed by atoms with van der Waals surface area (Å²) in [6.07, 6.45) is 0. The number of carbonyl (C=O) groups excluding carboxylic acids is 1. The van der Waals surface area contributed by atoms with Gasteiger partial charge in [-0.05, 0) is 48.9 Å². The predicted octanol–water partition coefficient (Wildman–Crippen LogP) is 4.20. The lowest BCUT2D eigenvalue weighted by Crippen LogP contribution is -2.43. The van der Waals surface area contributed by atoms with Crippen molar-refractivity contribution in [1.82, 2.24) is 15.4 Å². The van der Waals surface area contributed by atoms with Crippen LogP contribution >= 0.6 is 11.6 Å². The number of nitrogens with one attached hydrogen (secondary N) is 1. The van der Waals surface area contributed by atoms with Gasteiger partial charge in [-0.15, -0.1) is 0 Å². The Balaban J connectivity index is 1.43. The first kappa shape index (κ1) is 22.3. The molecule has 1 N–H and O–H groups in total. The fraction of sp³-hybridized carbons (Fsp3) is 0.333. The molecule has 1 atom stereocenters. The number of ether oxygens (including phenoxy) is 2. The van der Waals surface area contributed by atoms with Crippen LogP contribution in [0.2, 0.25) is 5.02 Å². The third-order valence-corrected chi connectivity index (χ3v) is 5.64. The summed E-state index contributed by atoms with van der Waals surface area (Å²) in [4.78, 5) is 15.1. The van der Waals surface area contributed by atoms with Gasteiger partial charge in [0.05, 0.1) is 25.9 Å². The molecule has 0 spiro atoms. The van der Waals surface area contributed by atoms with E-state index in [0.29, 0.717) is 37.1 Å². The molecule has 168 valence electrons. The molecule has 0 unspecified atom stereocenters. The monoisotopic (exact) mass is 455 g/mol. The Morgan fingerprint density at radius 1 is 1.16 bits per heavy atom. The summed E-state index contributed by atoms with van der Waals surface area (Å²) < 4.78 is 16.3. The van der Waals surface area contributed by atoms with Crippen molar-refractivity contribution in [3.05, 3.63) is 70.9 Å². The van der Waals surface area contributed by atoms with E-state index < -0.39 is 0 Å². The van der Waals surface area contributed by atoms with Crippen LogP contribution in [0.4, 0.5) is 0 Å². The van der Waals surface area contributed by atoms with Gasteiger partial charge in [-0.3, -0.25) is 9.69 Å². The third-order valence-electron chi connectivity index (χ3n) is 5.39. The number of hydrogen-bond acceptors (Lipinski definition) is 6. The minimum absolute atomic E-state index is 0.0117. The van der Waals surface area contributed by atoms with Gasteiger partial charge in [0.2, 0.25) is 0 Å². The maximum atomic E-state index is 12.8. The molecule has 1 amide bonds. The molecule has 0 radical (unpaired) electrons. The van der Waals surface area contributed by atoms with E-state index in [4.69, 9.17) is 25.6 Å². The Hall–Kier alpha value is -2.87. The highest BCUT2D eigenvalue weighted by Gasteiger charge is 2.24. The highest BCUT2D eigenvalue weighted by atomic mass is 35.5. The summed E-state index contributed by atoms with van der Waals surface area (Å²) in [6.45, 7) is 5.93. The number of rotatable bonds is 8. The predicted molar refractivity (Wildman–Crippen MR) is 122 cm³/mol. The minimum Gasteiger partial charge on any atom is -0.494 e. The lowest BCUT2D eigenvalue weighted by atomic mass is 10.0. The molecule has 1 aliphatic heterocycles. The smallest absolute Gasteiger partial charge is 0.273 e. The standard InChI is InChI=1S/C24H26ClN3O4/c1-2-31-20-9-5-18(6-10-20)23-15-21(27-32-23)24(29)26-16-22(28-11-13-30-14-12-28)17-3-7-19(25)8-4-17/h3-10,15,22H,2,11-14,16H2,1H3,(H,26,29)/t22-/m1/s1. The lowest BCUT2D eigenvalue weighted by Gasteiger charge is -2.34. The number of halogens is 1. The Bertz CT molecular complexity index is 1010. The molecule has 8 heteroatoms. The molecule has 0 bridgehead atoms. The van der Waals surface area contributed by atoms with Gasteiger partial charge in [0.1, 0.15) is 5.75 Å². The number of hydrogen-bond donors (Lipinski definition) is 1. The molecule has 32 heavy (non-hydrogen) atoms. The van der Waals surface area contributed by atoms with E-state index in [1.807, 2.05) is 55.5 Å². The third kappa shape index (κ3) is 5.48. The van der Waals surface area contributed by atoms with E-state index in [2.05, 4.69) is 15.4 Å². The Labute approximate surface area is 192 Å². The molecule has 7 nitrogen and oxygen atoms in total. The number of carbonyl (C=O) groups is 1. The van der Waals surface area contributed by atoms with Gasteiger partial charge in [0, 0.05) is 36.3 Å². The number of nitrogens with zero attached hydrogens (tertiary/aromatic N) is 2. The molecular formula is C24H26ClN3O4. The number of benzene rings is 2. The quantitative estimate of drug-likeness (QED) is 0.548. The van der Waals surface area contributed by atoms with Crippen LogP contribution in [0.25, 0.3) is 11.3 Å². The van der Waals surface area contributed by atoms with E-state index in [9.17, 15) is 4.79 Å². The van der Waals surface area contributed by atoms with E-state index in [-0.39, 0.29) is 17.6 Å². The Morgan fingerprint density at radius 3 is 2.56 bits per heavy atom. The van der Waals surface area contributed by atoms with Gasteiger partial charge in [-0.1, -0.05) is 28.9 Å². The molecule has 2 heterocycles. The minimum atomic E-state index is -0.279. The van der Waals surface area contributed by atoms with Crippen LogP contribution in [0.5, 0.6) is 5.75 Å². The number of morpholine rings is 1. The van der Waals surface area contributed by atoms with Crippen LogP contribution in [-0.4, -0.2) is 55.4 Å². The number of amides is 1. The topological polar surface area (TPSA) is 76.8 Å². The van der Waals surface area contributed by atoms with Crippen LogP contribution in [0.3, 0.4) is 0 Å². The fourth-order valence-electron chi connectivity index (χ4n) is 3.71. The second kappa shape index (κ2) is 10.6. The van der Waals surface area contributed by atoms with E-state index in [1.165, 1.54) is 0 Å². The van der Waals surface area contributed by atoms with Crippen molar-refractivity contribution in [3.8, 4) is 17.1 Å². The summed E-state index contributed by atoms with van der Waals surface area (Å²) in [5, 5.41) is 7.64. The van der Waals surface area contributed by atoms with Gasteiger partial charge in [0.25, 0.3) is 5.91 Å². The van der Waals surface area contributed by atoms with Gasteiger partial charge in [-0.25, -0.2) is 0 Å². The zero-order valence-electron chi connectivity index (χ0n) is 17.9. The van der Waals surface area contributed by atoms with Crippen LogP contribution in [0.15, 0.2) is 59.1 Å². The molecule has 2 aromatic carbocycles. The highest BCUT2D eigenvalue weighted by molar-refractivity contribution is 6.30. The first-order valence-electron chi connectivity index (χ1n) is 10.7. The van der Waals surface area contributed by atoms with Crippen LogP contribution < -0.4 is 10.1 Å². The summed E-state index contributed by atoms with van der Waals surface area (Å²) in [5.41, 5.74) is 2.16. The zero-order valence-corrected chi connectivity index (χ0v) is 18.7. The fourth-order valence-corrected chi connectivity index (χ4v) is 3.84. The van der Waals surface area contributed by atoms with Crippen LogP contribution in [0.1, 0.15) is 29.0 Å². The SMILES string of the molecule is CCOc1ccc(-c2cc(C(=O)NC[C@H](c3ccc(Cl)cc3)N3CCOCC3)no2)cc1. The molecule has 0 saturated carbocycles. The molecule has 1 saturated heterocycles. The van der Waals surface area contributed by atoms with Crippen molar-refractivity contribution in [3.63, 3.8) is 0 Å². The van der Waals surface area contributed by atoms with E-state index in [0.717, 1.165) is 30.0 Å². The van der Waals surface area contributed by atoms with Crippen molar-refractivity contribution in [2.75, 3.05) is 39.5 Å². The number of aromatic nitrogens is 1. The Morgan fingerprint density at radius 2 is 1.88 bits per heavy atom. The second-order valence-electron chi connectivity index (χ2n) is 7.46. The summed E-state index contributed by atoms with van der Waals surface area (Å²) in [6, 6.07) is 16.9. The van der Waals surface area contributed by atoms with E-state index in [1.54, 1.807) is 6.07 Å². The molecule has 3 aromatic rings. The van der Waals surface area contributed by atoms with Crippen molar-refractivity contribution < 1.29 is 18.8 Å². The van der Waals surface area contributed by atoms with Crippen molar-refractivity contribution in [1.29, 1.82) is 0 Å². The summed E-state index contributed by atoms with van der Waals surface area (Å²) in [5.74, 6) is 1.03. The Kier molecular flexibility index (Phi) is 7.42. The van der Waals surface area contributed by atoms with Crippen molar-refractivity contribution >= 4 is 17.5 Å². The zero-order chi connectivity index (χ0) is 22.3. The van der Waals surface area contributed by atoms with Gasteiger partial charge in [-0.2, -0.15) is 0 Å². The first-order chi connectivity index (χ1) is 15.6. The van der Waals surface area contributed by atoms with Crippen molar-refractivity contribution in [2.24, 2.45) is 0 Å². The molecular weight excluding hydrogens is 430 g/mol. The first-order valence-corrected chi connectivity index (χ1v) is 11.1. The normalized spacial score (nSPS) is 15.3. The average Bonchev–Trinajstić information content (AvgIpc) is 3.32. The van der Waals surface area contributed by atoms with Crippen molar-refractivity contribution in [2.45, 2.75) is 13.0 Å². The van der Waals surface area contributed by atoms with Gasteiger partial charge in [0.15, 0.2) is 11.5 Å². The summed E-state index contributed by atoms with van der Waals surface area (Å²) >= 11 is 6.06. The van der Waals surface area contributed by atoms with Gasteiger partial charge < -0.3 is 19.3 Å². The average molecular weight is 456 g/mol. The summed E-state index contributed by atoms with van der Waals surface area (Å²) in [7, 11) is 0. The molecule has 4 rings (SSSR count). The molecule has 1 fully saturated rings. The van der Waals surface area contributed by atoms with E-state index >= 15 is 0 Å². The molecule has 1 aliphatic rings. The maximum absolute atomic E-state index is 12.8. The lowest BCUT2D eigenvalue weighted by molar-refractivity contribution is 0.0162. The molecule has 1 aromatic heterocycles. The largest absolute Gasteiger partial charge is 0.494 e. The van der Waals surface area contributed by atoms with Crippen LogP contribution in [-0.2, 0) is 4.74 Å². The second-order valence-corrected chi connectivity index (χ2v) is 7.90. The molecule has 0 aliphatic carbocycles. The van der Waals surface area contributed by atoms with Gasteiger partial charge >= 0.3 is 0 Å².